The first-order chi connectivity index (χ1) is 8.74. The predicted molar refractivity (Wildman–Crippen MR) is 75.3 cm³/mol. The van der Waals surface area contributed by atoms with Gasteiger partial charge in [-0.2, -0.15) is 0 Å². The number of nitrogens with zero attached hydrogens (tertiary/aromatic N) is 3. The molecule has 0 radical (unpaired) electrons. The molecule has 18 heavy (non-hydrogen) atoms. The van der Waals surface area contributed by atoms with Crippen molar-refractivity contribution in [3.8, 4) is 0 Å². The van der Waals surface area contributed by atoms with Crippen LogP contribution in [0.1, 0.15) is 18.4 Å². The molecule has 2 aromatic heterocycles. The quantitative estimate of drug-likeness (QED) is 0.750. The third kappa shape index (κ3) is 2.18. The first-order valence-corrected chi connectivity index (χ1v) is 6.80. The fourth-order valence-electron chi connectivity index (χ4n) is 2.42. The van der Waals surface area contributed by atoms with Gasteiger partial charge in [0.25, 0.3) is 5.56 Å². The molecule has 1 atom stereocenters. The fraction of sp³-hybridized carbons (Fsp3) is 0.385. The number of likely N-dealkylation sites (tertiary alicyclic amines) is 1. The van der Waals surface area contributed by atoms with Crippen LogP contribution in [0.4, 0.5) is 0 Å². The maximum atomic E-state index is 12.3. The standard InChI is InChI=1S/C13H16N3OP/c17-13-10(9-15-4-1-2-5-15)8-14-12-7-11(18)3-6-16(12)13/h3,6-8H,1-2,4-5,9,18H2. The summed E-state index contributed by atoms with van der Waals surface area (Å²) in [5.74, 6) is 0. The van der Waals surface area contributed by atoms with E-state index in [9.17, 15) is 4.79 Å². The summed E-state index contributed by atoms with van der Waals surface area (Å²) in [7, 11) is 2.62. The first-order valence-electron chi connectivity index (χ1n) is 6.22. The highest BCUT2D eigenvalue weighted by atomic mass is 31.0. The van der Waals surface area contributed by atoms with Crippen molar-refractivity contribution in [3.63, 3.8) is 0 Å². The number of pyridine rings is 1. The van der Waals surface area contributed by atoms with Crippen LogP contribution >= 0.6 is 9.24 Å². The Morgan fingerprint density at radius 1 is 1.33 bits per heavy atom. The minimum Gasteiger partial charge on any atom is -0.299 e. The third-order valence-electron chi connectivity index (χ3n) is 3.40. The highest BCUT2D eigenvalue weighted by Crippen LogP contribution is 2.10. The summed E-state index contributed by atoms with van der Waals surface area (Å²) in [5.41, 5.74) is 1.54. The Hall–Kier alpha value is -1.25. The Balaban J connectivity index is 2.00. The largest absolute Gasteiger partial charge is 0.299 e. The summed E-state index contributed by atoms with van der Waals surface area (Å²) in [6.07, 6.45) is 5.98. The molecule has 94 valence electrons. The van der Waals surface area contributed by atoms with E-state index in [1.807, 2.05) is 12.1 Å². The van der Waals surface area contributed by atoms with Crippen LogP contribution in [-0.4, -0.2) is 27.4 Å². The van der Waals surface area contributed by atoms with E-state index in [1.54, 1.807) is 16.8 Å². The van der Waals surface area contributed by atoms with Crippen LogP contribution in [0.3, 0.4) is 0 Å². The SMILES string of the molecule is O=c1c(CN2CCCC2)cnc2cc(P)ccn12. The van der Waals surface area contributed by atoms with Gasteiger partial charge in [-0.15, -0.1) is 9.24 Å². The minimum atomic E-state index is 0.0527. The van der Waals surface area contributed by atoms with E-state index in [4.69, 9.17) is 0 Å². The van der Waals surface area contributed by atoms with Gasteiger partial charge in [0.2, 0.25) is 0 Å². The van der Waals surface area contributed by atoms with E-state index in [-0.39, 0.29) is 5.56 Å². The average molecular weight is 261 g/mol. The molecule has 3 rings (SSSR count). The summed E-state index contributed by atoms with van der Waals surface area (Å²) < 4.78 is 1.62. The molecule has 0 amide bonds. The zero-order valence-corrected chi connectivity index (χ0v) is 11.3. The Bertz CT molecular complexity index is 632. The zero-order valence-electron chi connectivity index (χ0n) is 10.2. The second-order valence-corrected chi connectivity index (χ2v) is 5.43. The van der Waals surface area contributed by atoms with Crippen molar-refractivity contribution in [1.29, 1.82) is 0 Å². The van der Waals surface area contributed by atoms with Crippen LogP contribution in [0.2, 0.25) is 0 Å². The Morgan fingerprint density at radius 2 is 2.11 bits per heavy atom. The Morgan fingerprint density at radius 3 is 2.89 bits per heavy atom. The van der Waals surface area contributed by atoms with Gasteiger partial charge in [0, 0.05) is 18.9 Å². The summed E-state index contributed by atoms with van der Waals surface area (Å²) in [6.45, 7) is 2.90. The lowest BCUT2D eigenvalue weighted by Crippen LogP contribution is -2.27. The van der Waals surface area contributed by atoms with Crippen molar-refractivity contribution in [2.24, 2.45) is 0 Å². The number of aromatic nitrogens is 2. The highest BCUT2D eigenvalue weighted by molar-refractivity contribution is 7.27. The maximum Gasteiger partial charge on any atom is 0.262 e. The molecule has 4 nitrogen and oxygen atoms in total. The topological polar surface area (TPSA) is 37.6 Å². The molecule has 0 aromatic carbocycles. The molecule has 1 unspecified atom stereocenters. The molecule has 3 heterocycles. The zero-order chi connectivity index (χ0) is 12.5. The van der Waals surface area contributed by atoms with Crippen molar-refractivity contribution in [3.05, 3.63) is 40.4 Å². The van der Waals surface area contributed by atoms with Crippen LogP contribution in [0.25, 0.3) is 5.65 Å². The molecule has 1 aliphatic rings. The molecule has 0 saturated carbocycles. The number of rotatable bonds is 2. The molecule has 0 spiro atoms. The third-order valence-corrected chi connectivity index (χ3v) is 3.76. The van der Waals surface area contributed by atoms with Gasteiger partial charge in [-0.1, -0.05) is 0 Å². The number of fused-ring (bicyclic) bond motifs is 1. The molecule has 0 aliphatic carbocycles. The first kappa shape index (κ1) is 11.8. The van der Waals surface area contributed by atoms with E-state index < -0.39 is 0 Å². The van der Waals surface area contributed by atoms with Crippen molar-refractivity contribution >= 4 is 20.2 Å². The molecule has 1 fully saturated rings. The number of hydrogen-bond acceptors (Lipinski definition) is 3. The van der Waals surface area contributed by atoms with E-state index in [1.165, 1.54) is 12.8 Å². The molecule has 0 N–H and O–H groups in total. The molecule has 1 aliphatic heterocycles. The Kier molecular flexibility index (Phi) is 3.14. The van der Waals surface area contributed by atoms with Crippen LogP contribution < -0.4 is 10.9 Å². The second kappa shape index (κ2) is 4.79. The second-order valence-electron chi connectivity index (χ2n) is 4.76. The summed E-state index contributed by atoms with van der Waals surface area (Å²) >= 11 is 0. The van der Waals surface area contributed by atoms with Gasteiger partial charge >= 0.3 is 0 Å². The molecular weight excluding hydrogens is 245 g/mol. The van der Waals surface area contributed by atoms with Gasteiger partial charge in [-0.05, 0) is 43.4 Å². The lowest BCUT2D eigenvalue weighted by molar-refractivity contribution is 0.329. The number of hydrogen-bond donors (Lipinski definition) is 0. The maximum absolute atomic E-state index is 12.3. The normalized spacial score (nSPS) is 16.5. The van der Waals surface area contributed by atoms with Crippen LogP contribution in [-0.2, 0) is 6.54 Å². The van der Waals surface area contributed by atoms with Crippen LogP contribution in [0.5, 0.6) is 0 Å². The molecule has 0 bridgehead atoms. The average Bonchev–Trinajstić information content (AvgIpc) is 2.85. The van der Waals surface area contributed by atoms with E-state index in [0.717, 1.165) is 30.5 Å². The van der Waals surface area contributed by atoms with Gasteiger partial charge in [0.15, 0.2) is 0 Å². The molecule has 5 heteroatoms. The predicted octanol–water partition coefficient (Wildman–Crippen LogP) is 0.791. The Labute approximate surface area is 108 Å². The van der Waals surface area contributed by atoms with Gasteiger partial charge in [-0.3, -0.25) is 14.1 Å². The van der Waals surface area contributed by atoms with Gasteiger partial charge in [0.1, 0.15) is 5.65 Å². The van der Waals surface area contributed by atoms with Crippen molar-refractivity contribution in [2.75, 3.05) is 13.1 Å². The highest BCUT2D eigenvalue weighted by Gasteiger charge is 2.14. The lowest BCUT2D eigenvalue weighted by Gasteiger charge is -2.14. The van der Waals surface area contributed by atoms with Crippen LogP contribution in [0.15, 0.2) is 29.3 Å². The molecular formula is C13H16N3OP. The molecule has 1 saturated heterocycles. The summed E-state index contributed by atoms with van der Waals surface area (Å²) in [4.78, 5) is 19.0. The van der Waals surface area contributed by atoms with Crippen molar-refractivity contribution in [1.82, 2.24) is 14.3 Å². The fourth-order valence-corrected chi connectivity index (χ4v) is 2.65. The van der Waals surface area contributed by atoms with Crippen molar-refractivity contribution < 1.29 is 0 Å². The smallest absolute Gasteiger partial charge is 0.262 e. The van der Waals surface area contributed by atoms with Gasteiger partial charge in [0.05, 0.1) is 5.56 Å². The van der Waals surface area contributed by atoms with E-state index >= 15 is 0 Å². The van der Waals surface area contributed by atoms with E-state index in [0.29, 0.717) is 5.65 Å². The summed E-state index contributed by atoms with van der Waals surface area (Å²) in [6, 6.07) is 3.80. The van der Waals surface area contributed by atoms with Gasteiger partial charge < -0.3 is 0 Å². The monoisotopic (exact) mass is 261 g/mol. The molecule has 2 aromatic rings. The van der Waals surface area contributed by atoms with Gasteiger partial charge in [-0.25, -0.2) is 4.98 Å². The van der Waals surface area contributed by atoms with Crippen LogP contribution in [0, 0.1) is 0 Å². The van der Waals surface area contributed by atoms with E-state index in [2.05, 4.69) is 19.1 Å². The summed E-state index contributed by atoms with van der Waals surface area (Å²) in [5, 5.41) is 1.04. The van der Waals surface area contributed by atoms with Crippen molar-refractivity contribution in [2.45, 2.75) is 19.4 Å². The minimum absolute atomic E-state index is 0.0527. The lowest BCUT2D eigenvalue weighted by atomic mass is 10.3.